The zero-order valence-electron chi connectivity index (χ0n) is 11.0. The van der Waals surface area contributed by atoms with E-state index in [2.05, 4.69) is 4.98 Å². The van der Waals surface area contributed by atoms with Crippen LogP contribution in [-0.4, -0.2) is 19.2 Å². The minimum absolute atomic E-state index is 0.0927. The van der Waals surface area contributed by atoms with E-state index < -0.39 is 0 Å². The number of halogens is 1. The number of fused-ring (bicyclic) bond motifs is 2. The molecule has 3 rings (SSSR count). The van der Waals surface area contributed by atoms with Gasteiger partial charge in [0.25, 0.3) is 0 Å². The summed E-state index contributed by atoms with van der Waals surface area (Å²) in [5, 5.41) is 1.65. The van der Waals surface area contributed by atoms with Gasteiger partial charge < -0.3 is 14.5 Å². The third-order valence-corrected chi connectivity index (χ3v) is 3.49. The van der Waals surface area contributed by atoms with Crippen LogP contribution >= 0.6 is 11.6 Å². The summed E-state index contributed by atoms with van der Waals surface area (Å²) in [6.07, 6.45) is 0. The van der Waals surface area contributed by atoms with Crippen molar-refractivity contribution in [1.82, 2.24) is 4.98 Å². The summed E-state index contributed by atoms with van der Waals surface area (Å²) in [6.45, 7) is 0. The number of benzene rings is 2. The van der Waals surface area contributed by atoms with Gasteiger partial charge in [-0.25, -0.2) is 0 Å². The summed E-state index contributed by atoms with van der Waals surface area (Å²) in [6, 6.07) is 8.59. The zero-order chi connectivity index (χ0) is 14.3. The molecule has 0 saturated heterocycles. The van der Waals surface area contributed by atoms with Gasteiger partial charge in [-0.05, 0) is 18.2 Å². The van der Waals surface area contributed by atoms with E-state index in [-0.39, 0.29) is 5.43 Å². The van der Waals surface area contributed by atoms with Crippen molar-refractivity contribution in [3.63, 3.8) is 0 Å². The molecule has 2 aromatic carbocycles. The van der Waals surface area contributed by atoms with Crippen LogP contribution in [0.5, 0.6) is 11.5 Å². The van der Waals surface area contributed by atoms with Crippen LogP contribution in [0.15, 0.2) is 35.1 Å². The van der Waals surface area contributed by atoms with Crippen molar-refractivity contribution in [2.24, 2.45) is 0 Å². The Morgan fingerprint density at radius 3 is 2.55 bits per heavy atom. The lowest BCUT2D eigenvalue weighted by atomic mass is 10.1. The number of hydrogen-bond donors (Lipinski definition) is 1. The molecule has 0 unspecified atom stereocenters. The average Bonchev–Trinajstić information content (AvgIpc) is 2.45. The molecule has 0 radical (unpaired) electrons. The van der Waals surface area contributed by atoms with Crippen molar-refractivity contribution in [1.29, 1.82) is 0 Å². The number of nitrogens with one attached hydrogen (secondary N) is 1. The highest BCUT2D eigenvalue weighted by Crippen LogP contribution is 2.29. The quantitative estimate of drug-likeness (QED) is 0.736. The number of hydrogen-bond acceptors (Lipinski definition) is 3. The maximum absolute atomic E-state index is 12.6. The Morgan fingerprint density at radius 2 is 1.85 bits per heavy atom. The van der Waals surface area contributed by atoms with Gasteiger partial charge in [-0.15, -0.1) is 0 Å². The SMILES string of the molecule is COc1cc(OC)c2c(=O)c3ccc(Cl)cc3[nH]c2c1. The van der Waals surface area contributed by atoms with Gasteiger partial charge in [0.1, 0.15) is 11.5 Å². The predicted molar refractivity (Wildman–Crippen MR) is 80.2 cm³/mol. The molecule has 0 amide bonds. The maximum Gasteiger partial charge on any atom is 0.200 e. The van der Waals surface area contributed by atoms with Crippen LogP contribution in [0.1, 0.15) is 0 Å². The second-order valence-electron chi connectivity index (χ2n) is 4.40. The second-order valence-corrected chi connectivity index (χ2v) is 4.83. The molecule has 20 heavy (non-hydrogen) atoms. The number of aromatic amines is 1. The molecular weight excluding hydrogens is 278 g/mol. The van der Waals surface area contributed by atoms with Gasteiger partial charge in [-0.1, -0.05) is 11.6 Å². The van der Waals surface area contributed by atoms with Crippen LogP contribution in [0.2, 0.25) is 5.02 Å². The summed E-state index contributed by atoms with van der Waals surface area (Å²) in [7, 11) is 3.09. The Balaban J connectivity index is 2.52. The summed E-state index contributed by atoms with van der Waals surface area (Å²) >= 11 is 5.97. The fourth-order valence-electron chi connectivity index (χ4n) is 2.30. The van der Waals surface area contributed by atoms with Crippen LogP contribution in [0.4, 0.5) is 0 Å². The highest BCUT2D eigenvalue weighted by Gasteiger charge is 2.12. The molecule has 4 nitrogen and oxygen atoms in total. The first-order chi connectivity index (χ1) is 9.63. The number of ether oxygens (including phenoxy) is 2. The van der Waals surface area contributed by atoms with Gasteiger partial charge in [0, 0.05) is 22.5 Å². The smallest absolute Gasteiger partial charge is 0.200 e. The van der Waals surface area contributed by atoms with E-state index in [1.165, 1.54) is 7.11 Å². The first-order valence-corrected chi connectivity index (χ1v) is 6.39. The van der Waals surface area contributed by atoms with Crippen LogP contribution in [-0.2, 0) is 0 Å². The Bertz CT molecular complexity index is 870. The monoisotopic (exact) mass is 289 g/mol. The van der Waals surface area contributed by atoms with Crippen molar-refractivity contribution in [3.05, 3.63) is 45.6 Å². The minimum Gasteiger partial charge on any atom is -0.497 e. The van der Waals surface area contributed by atoms with Gasteiger partial charge in [0.2, 0.25) is 5.43 Å². The Kier molecular flexibility index (Phi) is 3.03. The number of rotatable bonds is 2. The van der Waals surface area contributed by atoms with Crippen molar-refractivity contribution in [2.75, 3.05) is 14.2 Å². The average molecular weight is 290 g/mol. The molecule has 0 fully saturated rings. The standard InChI is InChI=1S/C15H12ClNO3/c1-19-9-6-12-14(13(7-9)20-2)15(18)10-4-3-8(16)5-11(10)17-12/h3-7H,1-2H3,(H,17,18). The van der Waals surface area contributed by atoms with Crippen LogP contribution in [0.3, 0.4) is 0 Å². The van der Waals surface area contributed by atoms with Crippen molar-refractivity contribution >= 4 is 33.4 Å². The minimum atomic E-state index is -0.0927. The van der Waals surface area contributed by atoms with Crippen LogP contribution < -0.4 is 14.9 Å². The molecular formula is C15H12ClNO3. The largest absolute Gasteiger partial charge is 0.497 e. The predicted octanol–water partition coefficient (Wildman–Crippen LogP) is 3.35. The second kappa shape index (κ2) is 4.72. The van der Waals surface area contributed by atoms with E-state index >= 15 is 0 Å². The van der Waals surface area contributed by atoms with Crippen LogP contribution in [0.25, 0.3) is 21.8 Å². The highest BCUT2D eigenvalue weighted by atomic mass is 35.5. The molecule has 1 aromatic heterocycles. The molecule has 0 atom stereocenters. The number of H-pyrrole nitrogens is 1. The zero-order valence-corrected chi connectivity index (χ0v) is 11.7. The number of pyridine rings is 1. The van der Waals surface area contributed by atoms with E-state index in [0.717, 1.165) is 0 Å². The Hall–Kier alpha value is -2.20. The molecule has 0 aliphatic carbocycles. The van der Waals surface area contributed by atoms with Crippen molar-refractivity contribution in [2.45, 2.75) is 0 Å². The Morgan fingerprint density at radius 1 is 1.05 bits per heavy atom. The van der Waals surface area contributed by atoms with Gasteiger partial charge in [0.15, 0.2) is 0 Å². The first kappa shape index (κ1) is 12.8. The van der Waals surface area contributed by atoms with Gasteiger partial charge >= 0.3 is 0 Å². The van der Waals surface area contributed by atoms with E-state index in [1.807, 2.05) is 0 Å². The highest BCUT2D eigenvalue weighted by molar-refractivity contribution is 6.31. The normalized spacial score (nSPS) is 10.9. The molecule has 1 N–H and O–H groups in total. The summed E-state index contributed by atoms with van der Waals surface area (Å²) in [4.78, 5) is 15.8. The van der Waals surface area contributed by atoms with Gasteiger partial charge in [0.05, 0.1) is 30.6 Å². The van der Waals surface area contributed by atoms with Gasteiger partial charge in [-0.2, -0.15) is 0 Å². The first-order valence-electron chi connectivity index (χ1n) is 6.01. The molecule has 0 saturated carbocycles. The topological polar surface area (TPSA) is 51.3 Å². The molecule has 5 heteroatoms. The molecule has 1 heterocycles. The Labute approximate surface area is 119 Å². The molecule has 102 valence electrons. The fraction of sp³-hybridized carbons (Fsp3) is 0.133. The third-order valence-electron chi connectivity index (χ3n) is 3.25. The summed E-state index contributed by atoms with van der Waals surface area (Å²) < 4.78 is 10.5. The molecule has 0 aliphatic heterocycles. The van der Waals surface area contributed by atoms with E-state index in [9.17, 15) is 4.79 Å². The summed E-state index contributed by atoms with van der Waals surface area (Å²) in [5.41, 5.74) is 1.25. The molecule has 0 bridgehead atoms. The molecule has 0 aliphatic rings. The van der Waals surface area contributed by atoms with Gasteiger partial charge in [-0.3, -0.25) is 4.79 Å². The lowest BCUT2D eigenvalue weighted by Crippen LogP contribution is -2.06. The number of aromatic nitrogens is 1. The maximum atomic E-state index is 12.6. The lowest BCUT2D eigenvalue weighted by Gasteiger charge is -2.09. The van der Waals surface area contributed by atoms with E-state index in [1.54, 1.807) is 37.4 Å². The molecule has 3 aromatic rings. The van der Waals surface area contributed by atoms with Crippen LogP contribution in [0, 0.1) is 0 Å². The third kappa shape index (κ3) is 1.89. The van der Waals surface area contributed by atoms with Crippen molar-refractivity contribution in [3.8, 4) is 11.5 Å². The van der Waals surface area contributed by atoms with E-state index in [0.29, 0.717) is 38.3 Å². The van der Waals surface area contributed by atoms with Crippen molar-refractivity contribution < 1.29 is 9.47 Å². The fourth-order valence-corrected chi connectivity index (χ4v) is 2.47. The number of methoxy groups -OCH3 is 2. The lowest BCUT2D eigenvalue weighted by molar-refractivity contribution is 0.397. The molecule has 0 spiro atoms. The summed E-state index contributed by atoms with van der Waals surface area (Å²) in [5.74, 6) is 1.10. The van der Waals surface area contributed by atoms with E-state index in [4.69, 9.17) is 21.1 Å².